The number of rotatable bonds is 5. The van der Waals surface area contributed by atoms with Gasteiger partial charge >= 0.3 is 6.09 Å². The Labute approximate surface area is 99.5 Å². The molecule has 6 heteroatoms. The minimum atomic E-state index is -0.265. The summed E-state index contributed by atoms with van der Waals surface area (Å²) >= 11 is 0. The summed E-state index contributed by atoms with van der Waals surface area (Å²) in [5.41, 5.74) is 0. The first-order valence-corrected chi connectivity index (χ1v) is 5.93. The molecule has 0 aromatic heterocycles. The Morgan fingerprint density at radius 1 is 1.00 bits per heavy atom. The molecule has 2 heterocycles. The first-order chi connectivity index (χ1) is 8.18. The van der Waals surface area contributed by atoms with Gasteiger partial charge in [-0.1, -0.05) is 0 Å². The van der Waals surface area contributed by atoms with Crippen LogP contribution in [0.2, 0.25) is 0 Å². The first kappa shape index (κ1) is 11.9. The van der Waals surface area contributed by atoms with Crippen LogP contribution in [0, 0.1) is 0 Å². The number of cyclic esters (lactones) is 1. The molecule has 17 heavy (non-hydrogen) atoms. The number of amides is 3. The average Bonchev–Trinajstić information content (AvgIpc) is 2.84. The lowest BCUT2D eigenvalue weighted by Crippen LogP contribution is -2.31. The van der Waals surface area contributed by atoms with Crippen LogP contribution in [-0.4, -0.2) is 53.9 Å². The lowest BCUT2D eigenvalue weighted by atomic mass is 10.3. The largest absolute Gasteiger partial charge is 0.448 e. The number of imide groups is 1. The van der Waals surface area contributed by atoms with Gasteiger partial charge in [0.25, 0.3) is 0 Å². The molecule has 6 nitrogen and oxygen atoms in total. The molecule has 0 aromatic rings. The minimum Gasteiger partial charge on any atom is -0.448 e. The van der Waals surface area contributed by atoms with Crippen molar-refractivity contribution in [1.82, 2.24) is 9.80 Å². The predicted octanol–water partition coefficient (Wildman–Crippen LogP) is 0.368. The quantitative estimate of drug-likeness (QED) is 0.514. The summed E-state index contributed by atoms with van der Waals surface area (Å²) in [5, 5.41) is 0. The molecule has 2 fully saturated rings. The van der Waals surface area contributed by atoms with Gasteiger partial charge in [-0.05, 0) is 12.8 Å². The van der Waals surface area contributed by atoms with Gasteiger partial charge < -0.3 is 9.64 Å². The number of unbranched alkanes of at least 4 members (excludes halogenated alkanes) is 1. The molecule has 94 valence electrons. The third-order valence-corrected chi connectivity index (χ3v) is 3.06. The Balaban J connectivity index is 1.64. The van der Waals surface area contributed by atoms with E-state index < -0.39 is 0 Å². The molecule has 0 saturated carbocycles. The van der Waals surface area contributed by atoms with Crippen LogP contribution >= 0.6 is 0 Å². The highest BCUT2D eigenvalue weighted by molar-refractivity contribution is 6.01. The van der Waals surface area contributed by atoms with Crippen molar-refractivity contribution in [3.63, 3.8) is 0 Å². The van der Waals surface area contributed by atoms with E-state index in [1.165, 1.54) is 4.90 Å². The molecule has 0 atom stereocenters. The smallest absolute Gasteiger partial charge is 0.409 e. The summed E-state index contributed by atoms with van der Waals surface area (Å²) in [6, 6.07) is 0. The van der Waals surface area contributed by atoms with E-state index in [1.807, 2.05) is 0 Å². The second kappa shape index (κ2) is 5.16. The average molecular weight is 240 g/mol. The van der Waals surface area contributed by atoms with Crippen molar-refractivity contribution in [3.05, 3.63) is 0 Å². The van der Waals surface area contributed by atoms with E-state index in [2.05, 4.69) is 0 Å². The standard InChI is InChI=1S/C11H16N2O4/c14-9-3-4-10(15)13(9)6-2-1-5-12-7-8-17-11(12)16/h1-8H2. The zero-order chi connectivity index (χ0) is 12.3. The lowest BCUT2D eigenvalue weighted by molar-refractivity contribution is -0.138. The monoisotopic (exact) mass is 240 g/mol. The number of hydrogen-bond donors (Lipinski definition) is 0. The van der Waals surface area contributed by atoms with Gasteiger partial charge in [-0.2, -0.15) is 0 Å². The molecule has 0 spiro atoms. The first-order valence-electron chi connectivity index (χ1n) is 5.93. The molecule has 0 N–H and O–H groups in total. The van der Waals surface area contributed by atoms with E-state index >= 15 is 0 Å². The second-order valence-corrected chi connectivity index (χ2v) is 4.25. The van der Waals surface area contributed by atoms with Crippen LogP contribution in [0.5, 0.6) is 0 Å². The van der Waals surface area contributed by atoms with Crippen molar-refractivity contribution < 1.29 is 19.1 Å². The highest BCUT2D eigenvalue weighted by atomic mass is 16.6. The van der Waals surface area contributed by atoms with Crippen LogP contribution in [0.1, 0.15) is 25.7 Å². The molecule has 0 aromatic carbocycles. The molecule has 2 aliphatic heterocycles. The van der Waals surface area contributed by atoms with E-state index in [0.717, 1.165) is 12.8 Å². The Kier molecular flexibility index (Phi) is 3.61. The van der Waals surface area contributed by atoms with E-state index in [0.29, 0.717) is 39.1 Å². The van der Waals surface area contributed by atoms with Crippen molar-refractivity contribution in [2.24, 2.45) is 0 Å². The van der Waals surface area contributed by atoms with Crippen LogP contribution in [0.25, 0.3) is 0 Å². The van der Waals surface area contributed by atoms with Crippen molar-refractivity contribution >= 4 is 17.9 Å². The summed E-state index contributed by atoms with van der Waals surface area (Å²) in [6.07, 6.45) is 1.94. The normalized spacial score (nSPS) is 20.4. The van der Waals surface area contributed by atoms with Crippen LogP contribution in [0.4, 0.5) is 4.79 Å². The van der Waals surface area contributed by atoms with E-state index in [9.17, 15) is 14.4 Å². The molecular formula is C11H16N2O4. The number of carbonyl (C=O) groups excluding carboxylic acids is 3. The number of ether oxygens (including phenoxy) is 1. The van der Waals surface area contributed by atoms with Crippen molar-refractivity contribution in [3.8, 4) is 0 Å². The van der Waals surface area contributed by atoms with E-state index in [4.69, 9.17) is 4.74 Å². The van der Waals surface area contributed by atoms with Gasteiger partial charge in [0.2, 0.25) is 11.8 Å². The van der Waals surface area contributed by atoms with Gasteiger partial charge in [0.1, 0.15) is 6.61 Å². The van der Waals surface area contributed by atoms with Crippen LogP contribution < -0.4 is 0 Å². The molecule has 2 rings (SSSR count). The van der Waals surface area contributed by atoms with E-state index in [-0.39, 0.29) is 17.9 Å². The van der Waals surface area contributed by atoms with Crippen LogP contribution in [0.3, 0.4) is 0 Å². The third kappa shape index (κ3) is 2.75. The molecule has 2 aliphatic rings. The third-order valence-electron chi connectivity index (χ3n) is 3.06. The van der Waals surface area contributed by atoms with E-state index in [1.54, 1.807) is 4.90 Å². The SMILES string of the molecule is O=C1OCCN1CCCCN1C(=O)CCC1=O. The summed E-state index contributed by atoms with van der Waals surface area (Å²) < 4.78 is 4.80. The molecule has 0 bridgehead atoms. The molecular weight excluding hydrogens is 224 g/mol. The molecule has 3 amide bonds. The van der Waals surface area contributed by atoms with Crippen LogP contribution in [-0.2, 0) is 14.3 Å². The van der Waals surface area contributed by atoms with Gasteiger partial charge in [0.15, 0.2) is 0 Å². The molecule has 0 radical (unpaired) electrons. The van der Waals surface area contributed by atoms with Gasteiger partial charge in [0.05, 0.1) is 6.54 Å². The maximum absolute atomic E-state index is 11.3. The van der Waals surface area contributed by atoms with Crippen molar-refractivity contribution in [2.45, 2.75) is 25.7 Å². The maximum Gasteiger partial charge on any atom is 0.409 e. The highest BCUT2D eigenvalue weighted by Gasteiger charge is 2.28. The summed E-state index contributed by atoms with van der Waals surface area (Å²) in [5.74, 6) is -0.147. The topological polar surface area (TPSA) is 66.9 Å². The Bertz CT molecular complexity index is 326. The fraction of sp³-hybridized carbons (Fsp3) is 0.727. The number of carbonyl (C=O) groups is 3. The maximum atomic E-state index is 11.3. The number of hydrogen-bond acceptors (Lipinski definition) is 4. The highest BCUT2D eigenvalue weighted by Crippen LogP contribution is 2.13. The zero-order valence-electron chi connectivity index (χ0n) is 9.68. The minimum absolute atomic E-state index is 0.0735. The van der Waals surface area contributed by atoms with Gasteiger partial charge in [0, 0.05) is 25.9 Å². The Morgan fingerprint density at radius 2 is 1.65 bits per heavy atom. The second-order valence-electron chi connectivity index (χ2n) is 4.25. The zero-order valence-corrected chi connectivity index (χ0v) is 9.68. The number of nitrogens with zero attached hydrogens (tertiary/aromatic N) is 2. The summed E-state index contributed by atoms with van der Waals surface area (Å²) in [7, 11) is 0. The summed E-state index contributed by atoms with van der Waals surface area (Å²) in [6.45, 7) is 2.21. The molecule has 2 saturated heterocycles. The van der Waals surface area contributed by atoms with Crippen molar-refractivity contribution in [1.29, 1.82) is 0 Å². The van der Waals surface area contributed by atoms with Gasteiger partial charge in [-0.25, -0.2) is 4.79 Å². The lowest BCUT2D eigenvalue weighted by Gasteiger charge is -2.15. The molecule has 0 aliphatic carbocycles. The Morgan fingerprint density at radius 3 is 2.24 bits per heavy atom. The number of likely N-dealkylation sites (tertiary alicyclic amines) is 1. The van der Waals surface area contributed by atoms with Crippen molar-refractivity contribution in [2.75, 3.05) is 26.2 Å². The fourth-order valence-electron chi connectivity index (χ4n) is 2.07. The van der Waals surface area contributed by atoms with Gasteiger partial charge in [-0.3, -0.25) is 14.5 Å². The predicted molar refractivity (Wildman–Crippen MR) is 58.1 cm³/mol. The summed E-state index contributed by atoms with van der Waals surface area (Å²) in [4.78, 5) is 36.7. The van der Waals surface area contributed by atoms with Gasteiger partial charge in [-0.15, -0.1) is 0 Å². The van der Waals surface area contributed by atoms with Crippen LogP contribution in [0.15, 0.2) is 0 Å². The molecule has 0 unspecified atom stereocenters. The fourth-order valence-corrected chi connectivity index (χ4v) is 2.07. The Hall–Kier alpha value is -1.59.